The molecular formula is C15H16ClFN2. The lowest BCUT2D eigenvalue weighted by atomic mass is 9.97. The van der Waals surface area contributed by atoms with Gasteiger partial charge >= 0.3 is 0 Å². The largest absolute Gasteiger partial charge is 0.271 e. The van der Waals surface area contributed by atoms with Gasteiger partial charge in [-0.2, -0.15) is 0 Å². The van der Waals surface area contributed by atoms with E-state index < -0.39 is 0 Å². The molecule has 100 valence electrons. The van der Waals surface area contributed by atoms with E-state index in [1.165, 1.54) is 11.6 Å². The second-order valence-corrected chi connectivity index (χ2v) is 4.80. The SMILES string of the molecule is CCc1ccc(C(NN)c2ccc(Cl)cc2F)cc1. The number of hydrazine groups is 1. The Morgan fingerprint density at radius 1 is 1.21 bits per heavy atom. The molecule has 0 bridgehead atoms. The highest BCUT2D eigenvalue weighted by atomic mass is 35.5. The van der Waals surface area contributed by atoms with Gasteiger partial charge in [-0.1, -0.05) is 48.9 Å². The first-order valence-electron chi connectivity index (χ1n) is 6.15. The maximum absolute atomic E-state index is 13.9. The monoisotopic (exact) mass is 278 g/mol. The van der Waals surface area contributed by atoms with Crippen molar-refractivity contribution >= 4 is 11.6 Å². The smallest absolute Gasteiger partial charge is 0.129 e. The van der Waals surface area contributed by atoms with Gasteiger partial charge < -0.3 is 0 Å². The Hall–Kier alpha value is -1.42. The first kappa shape index (κ1) is 14.0. The van der Waals surface area contributed by atoms with E-state index >= 15 is 0 Å². The standard InChI is InChI=1S/C15H16ClFN2/c1-2-10-3-5-11(6-4-10)15(19-18)13-8-7-12(16)9-14(13)17/h3-9,15,19H,2,18H2,1H3. The lowest BCUT2D eigenvalue weighted by Gasteiger charge is -2.18. The van der Waals surface area contributed by atoms with E-state index in [1.54, 1.807) is 12.1 Å². The Kier molecular flexibility index (Phi) is 4.53. The minimum Gasteiger partial charge on any atom is -0.271 e. The molecule has 0 saturated carbocycles. The molecule has 0 aliphatic heterocycles. The maximum atomic E-state index is 13.9. The summed E-state index contributed by atoms with van der Waals surface area (Å²) in [5.74, 6) is 5.20. The predicted octanol–water partition coefficient (Wildman–Crippen LogP) is 3.59. The van der Waals surface area contributed by atoms with Gasteiger partial charge in [0.25, 0.3) is 0 Å². The number of benzene rings is 2. The summed E-state index contributed by atoms with van der Waals surface area (Å²) in [5, 5.41) is 0.373. The van der Waals surface area contributed by atoms with Crippen LogP contribution in [0, 0.1) is 5.82 Å². The number of rotatable bonds is 4. The van der Waals surface area contributed by atoms with Gasteiger partial charge in [-0.25, -0.2) is 9.82 Å². The molecule has 0 saturated heterocycles. The van der Waals surface area contributed by atoms with Gasteiger partial charge in [-0.05, 0) is 29.7 Å². The van der Waals surface area contributed by atoms with Crippen LogP contribution in [0.25, 0.3) is 0 Å². The van der Waals surface area contributed by atoms with Crippen molar-refractivity contribution in [2.75, 3.05) is 0 Å². The van der Waals surface area contributed by atoms with Crippen LogP contribution in [0.1, 0.15) is 29.7 Å². The number of hydrogen-bond acceptors (Lipinski definition) is 2. The number of hydrogen-bond donors (Lipinski definition) is 2. The fourth-order valence-electron chi connectivity index (χ4n) is 2.05. The molecule has 4 heteroatoms. The van der Waals surface area contributed by atoms with Crippen LogP contribution in [-0.2, 0) is 6.42 Å². The van der Waals surface area contributed by atoms with Gasteiger partial charge in [-0.15, -0.1) is 0 Å². The molecule has 1 unspecified atom stereocenters. The number of nitrogens with one attached hydrogen (secondary N) is 1. The summed E-state index contributed by atoms with van der Waals surface area (Å²) in [5.41, 5.74) is 5.28. The molecule has 0 aliphatic rings. The van der Waals surface area contributed by atoms with Crippen molar-refractivity contribution < 1.29 is 4.39 Å². The third-order valence-corrected chi connectivity index (χ3v) is 3.40. The normalized spacial score (nSPS) is 12.4. The van der Waals surface area contributed by atoms with Crippen molar-refractivity contribution in [1.82, 2.24) is 5.43 Å². The molecule has 2 aromatic rings. The summed E-state index contributed by atoms with van der Waals surface area (Å²) < 4.78 is 13.9. The highest BCUT2D eigenvalue weighted by Gasteiger charge is 2.16. The van der Waals surface area contributed by atoms with Crippen LogP contribution < -0.4 is 11.3 Å². The molecule has 0 spiro atoms. The van der Waals surface area contributed by atoms with Crippen LogP contribution >= 0.6 is 11.6 Å². The van der Waals surface area contributed by atoms with Crippen LogP contribution in [-0.4, -0.2) is 0 Å². The third kappa shape index (κ3) is 3.13. The zero-order valence-electron chi connectivity index (χ0n) is 10.7. The van der Waals surface area contributed by atoms with Crippen LogP contribution in [0.4, 0.5) is 4.39 Å². The van der Waals surface area contributed by atoms with E-state index in [4.69, 9.17) is 17.4 Å². The van der Waals surface area contributed by atoms with E-state index in [0.29, 0.717) is 10.6 Å². The van der Waals surface area contributed by atoms with Crippen molar-refractivity contribution in [1.29, 1.82) is 0 Å². The number of nitrogens with two attached hydrogens (primary N) is 1. The lowest BCUT2D eigenvalue weighted by molar-refractivity contribution is 0.560. The highest BCUT2D eigenvalue weighted by Crippen LogP contribution is 2.26. The molecule has 0 aliphatic carbocycles. The molecule has 0 aromatic heterocycles. The summed E-state index contributed by atoms with van der Waals surface area (Å²) in [6, 6.07) is 12.2. The average molecular weight is 279 g/mol. The number of aryl methyl sites for hydroxylation is 1. The Balaban J connectivity index is 2.37. The topological polar surface area (TPSA) is 38.0 Å². The van der Waals surface area contributed by atoms with Crippen LogP contribution in [0.5, 0.6) is 0 Å². The Labute approximate surface area is 117 Å². The summed E-state index contributed by atoms with van der Waals surface area (Å²) in [6.45, 7) is 2.09. The third-order valence-electron chi connectivity index (χ3n) is 3.16. The Morgan fingerprint density at radius 2 is 1.89 bits per heavy atom. The van der Waals surface area contributed by atoms with Gasteiger partial charge in [0.1, 0.15) is 5.82 Å². The van der Waals surface area contributed by atoms with Crippen LogP contribution in [0.2, 0.25) is 5.02 Å². The molecule has 0 heterocycles. The molecule has 19 heavy (non-hydrogen) atoms. The zero-order valence-corrected chi connectivity index (χ0v) is 11.4. The van der Waals surface area contributed by atoms with Crippen molar-refractivity contribution in [3.8, 4) is 0 Å². The Bertz CT molecular complexity index is 555. The first-order chi connectivity index (χ1) is 9.15. The molecule has 2 rings (SSSR count). The van der Waals surface area contributed by atoms with Gasteiger partial charge in [0.05, 0.1) is 6.04 Å². The van der Waals surface area contributed by atoms with E-state index in [-0.39, 0.29) is 11.9 Å². The minimum atomic E-state index is -0.386. The summed E-state index contributed by atoms with van der Waals surface area (Å²) in [4.78, 5) is 0. The fourth-order valence-corrected chi connectivity index (χ4v) is 2.21. The van der Waals surface area contributed by atoms with Gasteiger partial charge in [0, 0.05) is 10.6 Å². The molecule has 1 atom stereocenters. The van der Waals surface area contributed by atoms with Crippen LogP contribution in [0.3, 0.4) is 0 Å². The molecule has 2 aromatic carbocycles. The minimum absolute atomic E-state index is 0.366. The van der Waals surface area contributed by atoms with Gasteiger partial charge in [0.2, 0.25) is 0 Å². The summed E-state index contributed by atoms with van der Waals surface area (Å²) >= 11 is 5.76. The quantitative estimate of drug-likeness (QED) is 0.662. The average Bonchev–Trinajstić information content (AvgIpc) is 2.42. The fraction of sp³-hybridized carbons (Fsp3) is 0.200. The molecular weight excluding hydrogens is 263 g/mol. The second-order valence-electron chi connectivity index (χ2n) is 4.36. The van der Waals surface area contributed by atoms with E-state index in [0.717, 1.165) is 12.0 Å². The van der Waals surface area contributed by atoms with Crippen molar-refractivity contribution in [2.45, 2.75) is 19.4 Å². The molecule has 3 N–H and O–H groups in total. The van der Waals surface area contributed by atoms with Crippen molar-refractivity contribution in [3.05, 3.63) is 70.0 Å². The van der Waals surface area contributed by atoms with Crippen LogP contribution in [0.15, 0.2) is 42.5 Å². The number of halogens is 2. The predicted molar refractivity (Wildman–Crippen MR) is 76.4 cm³/mol. The molecule has 0 radical (unpaired) electrons. The first-order valence-corrected chi connectivity index (χ1v) is 6.53. The second kappa shape index (κ2) is 6.15. The van der Waals surface area contributed by atoms with E-state index in [1.807, 2.05) is 24.3 Å². The molecule has 2 nitrogen and oxygen atoms in total. The molecule has 0 fully saturated rings. The van der Waals surface area contributed by atoms with E-state index in [9.17, 15) is 4.39 Å². The summed E-state index contributed by atoms with van der Waals surface area (Å²) in [7, 11) is 0. The highest BCUT2D eigenvalue weighted by molar-refractivity contribution is 6.30. The maximum Gasteiger partial charge on any atom is 0.129 e. The zero-order chi connectivity index (χ0) is 13.8. The lowest BCUT2D eigenvalue weighted by Crippen LogP contribution is -2.29. The van der Waals surface area contributed by atoms with E-state index in [2.05, 4.69) is 12.3 Å². The summed E-state index contributed by atoms with van der Waals surface area (Å²) in [6.07, 6.45) is 0.969. The van der Waals surface area contributed by atoms with Crippen molar-refractivity contribution in [2.24, 2.45) is 5.84 Å². The van der Waals surface area contributed by atoms with Crippen molar-refractivity contribution in [3.63, 3.8) is 0 Å². The van der Waals surface area contributed by atoms with Gasteiger partial charge in [-0.3, -0.25) is 5.84 Å². The van der Waals surface area contributed by atoms with Gasteiger partial charge in [0.15, 0.2) is 0 Å². The Morgan fingerprint density at radius 3 is 2.42 bits per heavy atom. The molecule has 0 amide bonds.